The van der Waals surface area contributed by atoms with Crippen molar-refractivity contribution in [2.24, 2.45) is 0 Å². The van der Waals surface area contributed by atoms with Crippen molar-refractivity contribution in [1.29, 1.82) is 0 Å². The van der Waals surface area contributed by atoms with Crippen LogP contribution in [0.3, 0.4) is 0 Å². The van der Waals surface area contributed by atoms with Crippen molar-refractivity contribution in [2.45, 2.75) is 45.8 Å². The van der Waals surface area contributed by atoms with Gasteiger partial charge in [-0.2, -0.15) is 13.1 Å². The molecule has 1 aliphatic rings. The maximum atomic E-state index is 12.0. The van der Waals surface area contributed by atoms with E-state index in [1.54, 1.807) is 39.1 Å². The molecule has 0 aliphatic carbocycles. The van der Waals surface area contributed by atoms with Gasteiger partial charge in [-0.3, -0.25) is 4.79 Å². The monoisotopic (exact) mass is 432 g/mol. The molecule has 10 heteroatoms. The minimum atomic E-state index is -4.05. The second kappa shape index (κ2) is 8.41. The summed E-state index contributed by atoms with van der Waals surface area (Å²) in [6, 6.07) is 9.21. The maximum absolute atomic E-state index is 12.0. The number of benzene rings is 1. The van der Waals surface area contributed by atoms with Crippen LogP contribution in [0.4, 0.5) is 10.6 Å². The molecule has 0 spiro atoms. The fraction of sp³-hybridized carbons (Fsp3) is 0.350. The van der Waals surface area contributed by atoms with Crippen molar-refractivity contribution in [3.8, 4) is 11.1 Å². The summed E-state index contributed by atoms with van der Waals surface area (Å²) >= 11 is 0. The number of fused-ring (bicyclic) bond motifs is 1. The molecule has 3 rings (SSSR count). The van der Waals surface area contributed by atoms with E-state index in [4.69, 9.17) is 4.74 Å². The highest BCUT2D eigenvalue weighted by molar-refractivity contribution is 7.88. The smallest absolute Gasteiger partial charge is 0.422 e. The summed E-state index contributed by atoms with van der Waals surface area (Å²) in [5, 5.41) is 2.78. The van der Waals surface area contributed by atoms with Crippen molar-refractivity contribution < 1.29 is 22.7 Å². The Morgan fingerprint density at radius 3 is 2.53 bits per heavy atom. The Hall–Kier alpha value is -2.98. The van der Waals surface area contributed by atoms with Crippen molar-refractivity contribution in [3.63, 3.8) is 0 Å². The van der Waals surface area contributed by atoms with Gasteiger partial charge in [0.15, 0.2) is 0 Å². The number of anilines is 1. The zero-order valence-electron chi connectivity index (χ0n) is 17.0. The van der Waals surface area contributed by atoms with Crippen LogP contribution in [0.15, 0.2) is 36.5 Å². The van der Waals surface area contributed by atoms with Crippen LogP contribution in [0.2, 0.25) is 0 Å². The molecule has 1 aromatic heterocycles. The number of nitrogens with one attached hydrogen (secondary N) is 3. The Morgan fingerprint density at radius 2 is 1.87 bits per heavy atom. The molecule has 0 saturated carbocycles. The predicted molar refractivity (Wildman–Crippen MR) is 112 cm³/mol. The lowest BCUT2D eigenvalue weighted by Gasteiger charge is -2.19. The Morgan fingerprint density at radius 1 is 1.17 bits per heavy atom. The molecule has 2 amide bonds. The summed E-state index contributed by atoms with van der Waals surface area (Å²) in [5.74, 6) is 0.531. The normalized spacial score (nSPS) is 13.9. The lowest BCUT2D eigenvalue weighted by atomic mass is 9.95. The van der Waals surface area contributed by atoms with Gasteiger partial charge in [0.1, 0.15) is 11.4 Å². The molecule has 3 N–H and O–H groups in total. The van der Waals surface area contributed by atoms with Gasteiger partial charge in [-0.15, -0.1) is 0 Å². The summed E-state index contributed by atoms with van der Waals surface area (Å²) in [6.45, 7) is 4.93. The first-order valence-electron chi connectivity index (χ1n) is 9.40. The van der Waals surface area contributed by atoms with Gasteiger partial charge in [0, 0.05) is 24.7 Å². The molecular weight excluding hydrogens is 408 g/mol. The Balaban J connectivity index is 1.65. The molecule has 1 aromatic carbocycles. The summed E-state index contributed by atoms with van der Waals surface area (Å²) in [6.07, 6.45) is 1.63. The fourth-order valence-electron chi connectivity index (χ4n) is 2.98. The fourth-order valence-corrected chi connectivity index (χ4v) is 3.67. The number of ether oxygens (including phenoxy) is 1. The minimum Gasteiger partial charge on any atom is -0.443 e. The predicted octanol–water partition coefficient (Wildman–Crippen LogP) is 2.49. The Kier molecular flexibility index (Phi) is 6.09. The SMILES string of the molecule is CC(C)(C)OC(=O)NS(=O)(=O)NCc1ccc(-c2ccnc3c2CCC(=O)N3)cc1. The molecule has 0 atom stereocenters. The van der Waals surface area contributed by atoms with E-state index < -0.39 is 21.9 Å². The highest BCUT2D eigenvalue weighted by Crippen LogP contribution is 2.31. The number of carbonyl (C=O) groups excluding carboxylic acids is 2. The van der Waals surface area contributed by atoms with Crippen LogP contribution in [0.25, 0.3) is 11.1 Å². The molecular formula is C20H24N4O5S. The van der Waals surface area contributed by atoms with E-state index in [-0.39, 0.29) is 12.5 Å². The maximum Gasteiger partial charge on any atom is 0.422 e. The van der Waals surface area contributed by atoms with Crippen LogP contribution in [0.5, 0.6) is 0 Å². The topological polar surface area (TPSA) is 126 Å². The summed E-state index contributed by atoms with van der Waals surface area (Å²) in [7, 11) is -4.05. The lowest BCUT2D eigenvalue weighted by molar-refractivity contribution is -0.116. The van der Waals surface area contributed by atoms with E-state index in [1.807, 2.05) is 22.9 Å². The lowest BCUT2D eigenvalue weighted by Crippen LogP contribution is -2.42. The largest absolute Gasteiger partial charge is 0.443 e. The molecule has 2 heterocycles. The van der Waals surface area contributed by atoms with E-state index in [1.165, 1.54) is 0 Å². The van der Waals surface area contributed by atoms with Crippen LogP contribution in [0, 0.1) is 0 Å². The van der Waals surface area contributed by atoms with Crippen LogP contribution >= 0.6 is 0 Å². The molecule has 0 fully saturated rings. The average molecular weight is 433 g/mol. The van der Waals surface area contributed by atoms with Crippen LogP contribution < -0.4 is 14.8 Å². The van der Waals surface area contributed by atoms with Gasteiger partial charge in [-0.1, -0.05) is 24.3 Å². The molecule has 0 unspecified atom stereocenters. The first-order chi connectivity index (χ1) is 14.0. The number of pyridine rings is 1. The Labute approximate surface area is 175 Å². The van der Waals surface area contributed by atoms with Gasteiger partial charge in [0.2, 0.25) is 5.91 Å². The van der Waals surface area contributed by atoms with Crippen molar-refractivity contribution >= 4 is 28.0 Å². The molecule has 0 bridgehead atoms. The number of carbonyl (C=O) groups is 2. The van der Waals surface area contributed by atoms with Crippen molar-refractivity contribution in [3.05, 3.63) is 47.7 Å². The third-order valence-electron chi connectivity index (χ3n) is 4.26. The molecule has 0 saturated heterocycles. The second-order valence-corrected chi connectivity index (χ2v) is 9.36. The summed E-state index contributed by atoms with van der Waals surface area (Å²) in [5.41, 5.74) is 2.79. The number of hydrogen-bond donors (Lipinski definition) is 3. The first-order valence-corrected chi connectivity index (χ1v) is 10.9. The molecule has 30 heavy (non-hydrogen) atoms. The molecule has 1 aliphatic heterocycles. The van der Waals surface area contributed by atoms with E-state index in [0.717, 1.165) is 16.7 Å². The second-order valence-electron chi connectivity index (χ2n) is 7.86. The van der Waals surface area contributed by atoms with E-state index >= 15 is 0 Å². The number of hydrogen-bond acceptors (Lipinski definition) is 6. The zero-order chi connectivity index (χ0) is 21.9. The number of aromatic nitrogens is 1. The highest BCUT2D eigenvalue weighted by atomic mass is 32.2. The first kappa shape index (κ1) is 21.7. The number of nitrogens with zero attached hydrogens (tertiary/aromatic N) is 1. The van der Waals surface area contributed by atoms with Crippen LogP contribution in [0.1, 0.15) is 38.3 Å². The number of rotatable bonds is 5. The van der Waals surface area contributed by atoms with Gasteiger partial charge in [-0.05, 0) is 49.9 Å². The summed E-state index contributed by atoms with van der Waals surface area (Å²) in [4.78, 5) is 27.4. The summed E-state index contributed by atoms with van der Waals surface area (Å²) < 4.78 is 33.1. The zero-order valence-corrected chi connectivity index (χ0v) is 17.8. The molecule has 9 nitrogen and oxygen atoms in total. The molecule has 0 radical (unpaired) electrons. The van der Waals surface area contributed by atoms with E-state index in [9.17, 15) is 18.0 Å². The molecule has 2 aromatic rings. The average Bonchev–Trinajstić information content (AvgIpc) is 2.64. The third kappa shape index (κ3) is 5.77. The van der Waals surface area contributed by atoms with Gasteiger partial charge in [0.05, 0.1) is 0 Å². The van der Waals surface area contributed by atoms with Crippen LogP contribution in [-0.2, 0) is 32.7 Å². The number of amides is 2. The standard InChI is InChI=1S/C20H24N4O5S/c1-20(2,3)29-19(26)24-30(27,28)22-12-13-4-6-14(7-5-13)15-10-11-21-18-16(15)8-9-17(25)23-18/h4-7,10-11,22H,8-9,12H2,1-3H3,(H,24,26)(H,21,23,25). The quantitative estimate of drug-likeness (QED) is 0.666. The highest BCUT2D eigenvalue weighted by Gasteiger charge is 2.21. The van der Waals surface area contributed by atoms with Gasteiger partial charge >= 0.3 is 16.3 Å². The van der Waals surface area contributed by atoms with Gasteiger partial charge in [-0.25, -0.2) is 14.5 Å². The Bertz CT molecular complexity index is 1060. The third-order valence-corrected chi connectivity index (χ3v) is 5.22. The van der Waals surface area contributed by atoms with Crippen LogP contribution in [-0.4, -0.2) is 31.0 Å². The van der Waals surface area contributed by atoms with Gasteiger partial charge < -0.3 is 10.1 Å². The van der Waals surface area contributed by atoms with Crippen molar-refractivity contribution in [2.75, 3.05) is 5.32 Å². The molecule has 160 valence electrons. The van der Waals surface area contributed by atoms with Gasteiger partial charge in [0.25, 0.3) is 0 Å². The van der Waals surface area contributed by atoms with E-state index in [2.05, 4.69) is 15.0 Å². The van der Waals surface area contributed by atoms with Crippen molar-refractivity contribution in [1.82, 2.24) is 14.4 Å². The van der Waals surface area contributed by atoms with E-state index in [0.29, 0.717) is 24.2 Å². The minimum absolute atomic E-state index is 0.00290.